The lowest BCUT2D eigenvalue weighted by molar-refractivity contribution is 0.0600. The minimum atomic E-state index is -0.504. The molecule has 2 amide bonds. The van der Waals surface area contributed by atoms with Crippen molar-refractivity contribution in [3.63, 3.8) is 0 Å². The summed E-state index contributed by atoms with van der Waals surface area (Å²) >= 11 is 0. The van der Waals surface area contributed by atoms with E-state index in [4.69, 9.17) is 0 Å². The molecule has 7 nitrogen and oxygen atoms in total. The summed E-state index contributed by atoms with van der Waals surface area (Å²) in [6.45, 7) is 7.45. The number of likely N-dealkylation sites (N-methyl/N-ethyl adjacent to an activating group) is 1. The molecule has 0 aliphatic heterocycles. The van der Waals surface area contributed by atoms with E-state index in [-0.39, 0.29) is 11.8 Å². The van der Waals surface area contributed by atoms with Gasteiger partial charge in [0.2, 0.25) is 0 Å². The Kier molecular flexibility index (Phi) is 8.36. The molecule has 0 bridgehead atoms. The first-order valence-electron chi connectivity index (χ1n) is 9.58. The Morgan fingerprint density at radius 3 is 2.17 bits per heavy atom. The zero-order valence-corrected chi connectivity index (χ0v) is 17.0. The summed E-state index contributed by atoms with van der Waals surface area (Å²) in [6, 6.07) is 12.9. The molecule has 0 aromatic heterocycles. The molecule has 0 saturated carbocycles. The summed E-state index contributed by atoms with van der Waals surface area (Å²) in [5.74, 6) is -1.01. The molecule has 2 N–H and O–H groups in total. The smallest absolute Gasteiger partial charge is 0.337 e. The Bertz CT molecular complexity index is 845. The minimum Gasteiger partial charge on any atom is -0.465 e. The number of benzene rings is 2. The Labute approximate surface area is 171 Å². The van der Waals surface area contributed by atoms with Crippen LogP contribution >= 0.6 is 0 Å². The fourth-order valence-electron chi connectivity index (χ4n) is 2.78. The number of ether oxygens (including phenoxy) is 1. The Balaban J connectivity index is 1.94. The van der Waals surface area contributed by atoms with E-state index in [0.717, 1.165) is 19.6 Å². The summed E-state index contributed by atoms with van der Waals surface area (Å²) in [7, 11) is 1.29. The van der Waals surface area contributed by atoms with E-state index in [9.17, 15) is 14.4 Å². The van der Waals surface area contributed by atoms with Gasteiger partial charge in [0.05, 0.1) is 12.7 Å². The van der Waals surface area contributed by atoms with Crippen LogP contribution < -0.4 is 10.6 Å². The van der Waals surface area contributed by atoms with Crippen LogP contribution in [0, 0.1) is 0 Å². The normalized spacial score (nSPS) is 10.5. The van der Waals surface area contributed by atoms with Crippen molar-refractivity contribution in [2.45, 2.75) is 13.8 Å². The molecule has 0 fully saturated rings. The van der Waals surface area contributed by atoms with E-state index in [2.05, 4.69) is 34.1 Å². The Morgan fingerprint density at radius 1 is 0.897 bits per heavy atom. The maximum absolute atomic E-state index is 12.4. The molecule has 7 heteroatoms. The van der Waals surface area contributed by atoms with Gasteiger partial charge in [-0.05, 0) is 55.6 Å². The third-order valence-electron chi connectivity index (χ3n) is 4.56. The molecule has 0 saturated heterocycles. The van der Waals surface area contributed by atoms with Crippen molar-refractivity contribution in [2.24, 2.45) is 0 Å². The van der Waals surface area contributed by atoms with Gasteiger partial charge in [-0.25, -0.2) is 4.79 Å². The SMILES string of the molecule is CCN(CC)CCNC(=O)c1ccc(NC(=O)c2cccc(C(=O)OC)c2)cc1. The number of methoxy groups -OCH3 is 1. The molecule has 0 heterocycles. The number of hydrogen-bond acceptors (Lipinski definition) is 5. The Morgan fingerprint density at radius 2 is 1.55 bits per heavy atom. The van der Waals surface area contributed by atoms with Crippen LogP contribution in [-0.2, 0) is 4.74 Å². The van der Waals surface area contributed by atoms with Gasteiger partial charge in [-0.1, -0.05) is 19.9 Å². The maximum atomic E-state index is 12.4. The zero-order chi connectivity index (χ0) is 21.2. The number of amides is 2. The van der Waals surface area contributed by atoms with E-state index in [1.54, 1.807) is 42.5 Å². The number of carbonyl (C=O) groups is 3. The van der Waals surface area contributed by atoms with Crippen LogP contribution in [0.4, 0.5) is 5.69 Å². The van der Waals surface area contributed by atoms with Gasteiger partial charge in [0, 0.05) is 29.9 Å². The number of anilines is 1. The third-order valence-corrected chi connectivity index (χ3v) is 4.56. The molecule has 0 atom stereocenters. The van der Waals surface area contributed by atoms with Crippen LogP contribution in [-0.4, -0.2) is 56.0 Å². The number of rotatable bonds is 9. The minimum absolute atomic E-state index is 0.152. The van der Waals surface area contributed by atoms with Crippen LogP contribution in [0.3, 0.4) is 0 Å². The van der Waals surface area contributed by atoms with E-state index in [1.807, 2.05) is 0 Å². The standard InChI is InChI=1S/C22H27N3O4/c1-4-25(5-2)14-13-23-20(26)16-9-11-19(12-10-16)24-21(27)17-7-6-8-18(15-17)22(28)29-3/h6-12,15H,4-5,13-14H2,1-3H3,(H,23,26)(H,24,27). The molecular formula is C22H27N3O4. The van der Waals surface area contributed by atoms with Gasteiger partial charge in [0.15, 0.2) is 0 Å². The lowest BCUT2D eigenvalue weighted by Crippen LogP contribution is -2.34. The predicted octanol–water partition coefficient (Wildman–Crippen LogP) is 2.80. The van der Waals surface area contributed by atoms with Crippen LogP contribution in [0.15, 0.2) is 48.5 Å². The third kappa shape index (κ3) is 6.43. The zero-order valence-electron chi connectivity index (χ0n) is 17.0. The van der Waals surface area contributed by atoms with E-state index >= 15 is 0 Å². The molecule has 154 valence electrons. The molecule has 2 aromatic rings. The quantitative estimate of drug-likeness (QED) is 0.636. The lowest BCUT2D eigenvalue weighted by atomic mass is 10.1. The highest BCUT2D eigenvalue weighted by Crippen LogP contribution is 2.13. The number of carbonyl (C=O) groups excluding carboxylic acids is 3. The fourth-order valence-corrected chi connectivity index (χ4v) is 2.78. The van der Waals surface area contributed by atoms with Crippen molar-refractivity contribution in [1.29, 1.82) is 0 Å². The summed E-state index contributed by atoms with van der Waals surface area (Å²) in [5.41, 5.74) is 1.72. The van der Waals surface area contributed by atoms with E-state index in [0.29, 0.717) is 28.9 Å². The van der Waals surface area contributed by atoms with Crippen molar-refractivity contribution in [1.82, 2.24) is 10.2 Å². The van der Waals surface area contributed by atoms with Gasteiger partial charge in [-0.3, -0.25) is 9.59 Å². The molecule has 29 heavy (non-hydrogen) atoms. The second-order valence-electron chi connectivity index (χ2n) is 6.39. The first kappa shape index (κ1) is 22.1. The molecule has 0 spiro atoms. The molecular weight excluding hydrogens is 370 g/mol. The van der Waals surface area contributed by atoms with Gasteiger partial charge in [-0.15, -0.1) is 0 Å². The Hall–Kier alpha value is -3.19. The first-order valence-corrected chi connectivity index (χ1v) is 9.58. The summed E-state index contributed by atoms with van der Waals surface area (Å²) < 4.78 is 4.67. The monoisotopic (exact) mass is 397 g/mol. The van der Waals surface area contributed by atoms with Gasteiger partial charge in [-0.2, -0.15) is 0 Å². The van der Waals surface area contributed by atoms with Gasteiger partial charge in [0.25, 0.3) is 11.8 Å². The second kappa shape index (κ2) is 11.0. The van der Waals surface area contributed by atoms with Crippen molar-refractivity contribution >= 4 is 23.5 Å². The van der Waals surface area contributed by atoms with Crippen LogP contribution in [0.2, 0.25) is 0 Å². The van der Waals surface area contributed by atoms with Crippen molar-refractivity contribution in [3.05, 3.63) is 65.2 Å². The van der Waals surface area contributed by atoms with Crippen LogP contribution in [0.1, 0.15) is 44.9 Å². The number of nitrogens with one attached hydrogen (secondary N) is 2. The average molecular weight is 397 g/mol. The predicted molar refractivity (Wildman–Crippen MR) is 112 cm³/mol. The summed E-state index contributed by atoms with van der Waals surface area (Å²) in [5, 5.41) is 5.65. The van der Waals surface area contributed by atoms with Gasteiger partial charge < -0.3 is 20.3 Å². The fraction of sp³-hybridized carbons (Fsp3) is 0.318. The van der Waals surface area contributed by atoms with Crippen molar-refractivity contribution in [2.75, 3.05) is 38.6 Å². The number of nitrogens with zero attached hydrogens (tertiary/aromatic N) is 1. The largest absolute Gasteiger partial charge is 0.465 e. The molecule has 0 aliphatic carbocycles. The van der Waals surface area contributed by atoms with E-state index in [1.165, 1.54) is 13.2 Å². The maximum Gasteiger partial charge on any atom is 0.337 e. The lowest BCUT2D eigenvalue weighted by Gasteiger charge is -2.18. The van der Waals surface area contributed by atoms with Gasteiger partial charge in [0.1, 0.15) is 0 Å². The molecule has 0 unspecified atom stereocenters. The molecule has 0 radical (unpaired) electrons. The number of esters is 1. The van der Waals surface area contributed by atoms with Crippen molar-refractivity contribution in [3.8, 4) is 0 Å². The first-order chi connectivity index (χ1) is 14.0. The van der Waals surface area contributed by atoms with Crippen LogP contribution in [0.5, 0.6) is 0 Å². The topological polar surface area (TPSA) is 87.7 Å². The van der Waals surface area contributed by atoms with E-state index < -0.39 is 5.97 Å². The van der Waals surface area contributed by atoms with Crippen LogP contribution in [0.25, 0.3) is 0 Å². The second-order valence-corrected chi connectivity index (χ2v) is 6.39. The summed E-state index contributed by atoms with van der Waals surface area (Å²) in [4.78, 5) is 38.5. The van der Waals surface area contributed by atoms with Gasteiger partial charge >= 0.3 is 5.97 Å². The molecule has 0 aliphatic rings. The molecule has 2 aromatic carbocycles. The average Bonchev–Trinajstić information content (AvgIpc) is 2.76. The number of hydrogen-bond donors (Lipinski definition) is 2. The van der Waals surface area contributed by atoms with Crippen molar-refractivity contribution < 1.29 is 19.1 Å². The highest BCUT2D eigenvalue weighted by atomic mass is 16.5. The molecule has 2 rings (SSSR count). The summed E-state index contributed by atoms with van der Waals surface area (Å²) in [6.07, 6.45) is 0. The highest BCUT2D eigenvalue weighted by molar-refractivity contribution is 6.06. The highest BCUT2D eigenvalue weighted by Gasteiger charge is 2.12.